The van der Waals surface area contributed by atoms with Crippen LogP contribution in [-0.4, -0.2) is 6.54 Å². The monoisotopic (exact) mass is 286 g/mol. The molecule has 2 aromatic rings. The van der Waals surface area contributed by atoms with Gasteiger partial charge in [0.05, 0.1) is 16.7 Å². The van der Waals surface area contributed by atoms with E-state index in [2.05, 4.69) is 6.07 Å². The standard InChI is InChI=1S/C16H15ClN2O/c17-15-3-1-2-14(8-9-18)16(15)20-11-13-6-4-12(10-19)5-7-13/h1-7H,8-9,11,18H2. The van der Waals surface area contributed by atoms with E-state index in [9.17, 15) is 0 Å². The highest BCUT2D eigenvalue weighted by molar-refractivity contribution is 6.32. The van der Waals surface area contributed by atoms with Crippen molar-refractivity contribution < 1.29 is 4.74 Å². The van der Waals surface area contributed by atoms with Crippen molar-refractivity contribution in [2.75, 3.05) is 6.54 Å². The third-order valence-corrected chi connectivity index (χ3v) is 3.23. The molecule has 0 saturated heterocycles. The molecule has 2 N–H and O–H groups in total. The van der Waals surface area contributed by atoms with Crippen molar-refractivity contribution in [1.29, 1.82) is 5.26 Å². The van der Waals surface area contributed by atoms with E-state index in [1.807, 2.05) is 24.3 Å². The molecule has 0 spiro atoms. The molecule has 102 valence electrons. The molecule has 0 radical (unpaired) electrons. The van der Waals surface area contributed by atoms with Crippen molar-refractivity contribution >= 4 is 11.6 Å². The average molecular weight is 287 g/mol. The lowest BCUT2D eigenvalue weighted by Crippen LogP contribution is -2.06. The minimum absolute atomic E-state index is 0.410. The molecule has 0 aliphatic heterocycles. The Morgan fingerprint density at radius 1 is 1.15 bits per heavy atom. The third kappa shape index (κ3) is 3.51. The highest BCUT2D eigenvalue weighted by atomic mass is 35.5. The molecule has 0 amide bonds. The molecule has 2 aromatic carbocycles. The topological polar surface area (TPSA) is 59.0 Å². The largest absolute Gasteiger partial charge is 0.487 e. The molecule has 0 atom stereocenters. The van der Waals surface area contributed by atoms with Crippen molar-refractivity contribution in [2.45, 2.75) is 13.0 Å². The Balaban J connectivity index is 2.12. The van der Waals surface area contributed by atoms with Gasteiger partial charge in [0.1, 0.15) is 12.4 Å². The number of nitrogens with zero attached hydrogens (tertiary/aromatic N) is 1. The van der Waals surface area contributed by atoms with E-state index < -0.39 is 0 Å². The van der Waals surface area contributed by atoms with E-state index in [4.69, 9.17) is 27.3 Å². The Kier molecular flexibility index (Phi) is 5.00. The maximum atomic E-state index is 8.76. The van der Waals surface area contributed by atoms with E-state index >= 15 is 0 Å². The van der Waals surface area contributed by atoms with Gasteiger partial charge in [0.15, 0.2) is 0 Å². The summed E-state index contributed by atoms with van der Waals surface area (Å²) in [5, 5.41) is 9.35. The predicted octanol–water partition coefficient (Wildman–Crippen LogP) is 3.29. The first-order valence-electron chi connectivity index (χ1n) is 6.34. The lowest BCUT2D eigenvalue weighted by Gasteiger charge is -2.12. The number of nitriles is 1. The summed E-state index contributed by atoms with van der Waals surface area (Å²) in [6.07, 6.45) is 0.725. The molecule has 0 aromatic heterocycles. The zero-order valence-electron chi connectivity index (χ0n) is 11.0. The zero-order valence-corrected chi connectivity index (χ0v) is 11.7. The van der Waals surface area contributed by atoms with E-state index in [0.29, 0.717) is 29.5 Å². The van der Waals surface area contributed by atoms with Crippen LogP contribution in [0.5, 0.6) is 5.75 Å². The fourth-order valence-corrected chi connectivity index (χ4v) is 2.15. The van der Waals surface area contributed by atoms with Crippen LogP contribution in [0.4, 0.5) is 0 Å². The lowest BCUT2D eigenvalue weighted by atomic mass is 10.1. The van der Waals surface area contributed by atoms with Crippen molar-refractivity contribution in [3.63, 3.8) is 0 Å². The zero-order chi connectivity index (χ0) is 14.4. The maximum Gasteiger partial charge on any atom is 0.141 e. The first kappa shape index (κ1) is 14.4. The van der Waals surface area contributed by atoms with E-state index in [0.717, 1.165) is 17.5 Å². The lowest BCUT2D eigenvalue weighted by molar-refractivity contribution is 0.303. The van der Waals surface area contributed by atoms with Crippen molar-refractivity contribution in [3.8, 4) is 11.8 Å². The van der Waals surface area contributed by atoms with E-state index in [1.165, 1.54) is 0 Å². The van der Waals surface area contributed by atoms with Crippen LogP contribution in [0.2, 0.25) is 5.02 Å². The molecule has 3 nitrogen and oxygen atoms in total. The number of hydrogen-bond acceptors (Lipinski definition) is 3. The molecule has 2 rings (SSSR count). The van der Waals surface area contributed by atoms with Crippen LogP contribution >= 0.6 is 11.6 Å². The van der Waals surface area contributed by atoms with Gasteiger partial charge in [0.25, 0.3) is 0 Å². The summed E-state index contributed by atoms with van der Waals surface area (Å²) in [7, 11) is 0. The molecule has 0 fully saturated rings. The summed E-state index contributed by atoms with van der Waals surface area (Å²) in [5.74, 6) is 0.684. The number of hydrogen-bond donors (Lipinski definition) is 1. The Morgan fingerprint density at radius 3 is 2.55 bits per heavy atom. The van der Waals surface area contributed by atoms with Gasteiger partial charge >= 0.3 is 0 Å². The molecular weight excluding hydrogens is 272 g/mol. The summed E-state index contributed by atoms with van der Waals surface area (Å²) < 4.78 is 5.81. The first-order chi connectivity index (χ1) is 9.74. The third-order valence-electron chi connectivity index (χ3n) is 2.93. The molecule has 0 bridgehead atoms. The smallest absolute Gasteiger partial charge is 0.141 e. The number of ether oxygens (including phenoxy) is 1. The van der Waals surface area contributed by atoms with Gasteiger partial charge < -0.3 is 10.5 Å². The van der Waals surface area contributed by atoms with E-state index in [1.54, 1.807) is 18.2 Å². The van der Waals surface area contributed by atoms with Crippen LogP contribution in [-0.2, 0) is 13.0 Å². The van der Waals surface area contributed by atoms with Gasteiger partial charge in [-0.05, 0) is 42.3 Å². The number of rotatable bonds is 5. The molecule has 0 aliphatic carbocycles. The van der Waals surface area contributed by atoms with Crippen LogP contribution in [0.3, 0.4) is 0 Å². The minimum atomic E-state index is 0.410. The Labute approximate surface area is 123 Å². The van der Waals surface area contributed by atoms with Crippen LogP contribution in [0, 0.1) is 11.3 Å². The fraction of sp³-hybridized carbons (Fsp3) is 0.188. The van der Waals surface area contributed by atoms with Crippen molar-refractivity contribution in [2.24, 2.45) is 5.73 Å². The summed E-state index contributed by atoms with van der Waals surface area (Å²) in [4.78, 5) is 0. The van der Waals surface area contributed by atoms with Gasteiger partial charge in [0, 0.05) is 0 Å². The number of para-hydroxylation sites is 1. The number of halogens is 1. The summed E-state index contributed by atoms with van der Waals surface area (Å²) in [6, 6.07) is 15.0. The second-order valence-corrected chi connectivity index (χ2v) is 4.77. The van der Waals surface area contributed by atoms with Gasteiger partial charge in [0.2, 0.25) is 0 Å². The average Bonchev–Trinajstić information content (AvgIpc) is 2.47. The van der Waals surface area contributed by atoms with Crippen molar-refractivity contribution in [1.82, 2.24) is 0 Å². The predicted molar refractivity (Wildman–Crippen MR) is 79.7 cm³/mol. The molecule has 4 heteroatoms. The Hall–Kier alpha value is -2.02. The van der Waals surface area contributed by atoms with Gasteiger partial charge in [-0.3, -0.25) is 0 Å². The number of benzene rings is 2. The number of nitrogens with two attached hydrogens (primary N) is 1. The van der Waals surface area contributed by atoms with Crippen molar-refractivity contribution in [3.05, 3.63) is 64.2 Å². The Bertz CT molecular complexity index is 617. The van der Waals surface area contributed by atoms with Crippen LogP contribution < -0.4 is 10.5 Å². The van der Waals surface area contributed by atoms with E-state index in [-0.39, 0.29) is 0 Å². The minimum Gasteiger partial charge on any atom is -0.487 e. The van der Waals surface area contributed by atoms with Gasteiger partial charge in [-0.1, -0.05) is 35.9 Å². The molecule has 0 unspecified atom stereocenters. The summed E-state index contributed by atoms with van der Waals surface area (Å²) in [6.45, 7) is 0.959. The summed E-state index contributed by atoms with van der Waals surface area (Å²) in [5.41, 5.74) is 8.22. The molecule has 0 aliphatic rings. The van der Waals surface area contributed by atoms with Gasteiger partial charge in [-0.2, -0.15) is 5.26 Å². The molecule has 0 heterocycles. The highest BCUT2D eigenvalue weighted by Gasteiger charge is 2.08. The van der Waals surface area contributed by atoms with Crippen LogP contribution in [0.25, 0.3) is 0 Å². The van der Waals surface area contributed by atoms with Gasteiger partial charge in [-0.15, -0.1) is 0 Å². The SMILES string of the molecule is N#Cc1ccc(COc2c(Cl)cccc2CCN)cc1. The first-order valence-corrected chi connectivity index (χ1v) is 6.71. The quantitative estimate of drug-likeness (QED) is 0.917. The normalized spacial score (nSPS) is 10.1. The molecule has 20 heavy (non-hydrogen) atoms. The van der Waals surface area contributed by atoms with Crippen LogP contribution in [0.1, 0.15) is 16.7 Å². The second-order valence-electron chi connectivity index (χ2n) is 4.36. The fourth-order valence-electron chi connectivity index (χ4n) is 1.90. The van der Waals surface area contributed by atoms with Gasteiger partial charge in [-0.25, -0.2) is 0 Å². The second kappa shape index (κ2) is 6.95. The summed E-state index contributed by atoms with van der Waals surface area (Å²) >= 11 is 6.17. The van der Waals surface area contributed by atoms with Crippen LogP contribution in [0.15, 0.2) is 42.5 Å². The molecule has 0 saturated carbocycles. The maximum absolute atomic E-state index is 8.76. The highest BCUT2D eigenvalue weighted by Crippen LogP contribution is 2.29. The Morgan fingerprint density at radius 2 is 1.90 bits per heavy atom. The molecular formula is C16H15ClN2O.